The molecule has 2 aliphatic heterocycles. The van der Waals surface area contributed by atoms with Crippen LogP contribution < -0.4 is 4.74 Å². The van der Waals surface area contributed by atoms with Crippen LogP contribution in [0.1, 0.15) is 29.7 Å². The fourth-order valence-corrected chi connectivity index (χ4v) is 3.78. The van der Waals surface area contributed by atoms with Gasteiger partial charge in [0.1, 0.15) is 17.5 Å². The Morgan fingerprint density at radius 2 is 2.27 bits per heavy atom. The predicted molar refractivity (Wildman–Crippen MR) is 97.1 cm³/mol. The highest BCUT2D eigenvalue weighted by molar-refractivity contribution is 6.31. The molecule has 3 heterocycles. The van der Waals surface area contributed by atoms with Crippen LogP contribution in [0.5, 0.6) is 5.75 Å². The topological polar surface area (TPSA) is 56.6 Å². The van der Waals surface area contributed by atoms with Crippen molar-refractivity contribution in [2.45, 2.75) is 38.5 Å². The summed E-state index contributed by atoms with van der Waals surface area (Å²) in [4.78, 5) is 14.8. The Labute approximate surface area is 157 Å². The van der Waals surface area contributed by atoms with Crippen LogP contribution in [0.15, 0.2) is 24.4 Å². The number of hydrogen-bond donors (Lipinski definition) is 0. The van der Waals surface area contributed by atoms with Crippen molar-refractivity contribution in [2.24, 2.45) is 7.05 Å². The van der Waals surface area contributed by atoms with E-state index in [1.165, 1.54) is 5.56 Å². The third-order valence-corrected chi connectivity index (χ3v) is 5.15. The van der Waals surface area contributed by atoms with Crippen molar-refractivity contribution in [1.29, 1.82) is 0 Å². The highest BCUT2D eigenvalue weighted by Gasteiger charge is 2.29. The Kier molecular flexibility index (Phi) is 4.87. The molecule has 26 heavy (non-hydrogen) atoms. The highest BCUT2D eigenvalue weighted by atomic mass is 35.5. The monoisotopic (exact) mass is 375 g/mol. The molecule has 1 saturated heterocycles. The fourth-order valence-electron chi connectivity index (χ4n) is 3.54. The van der Waals surface area contributed by atoms with Gasteiger partial charge in [0.25, 0.3) is 5.91 Å². The maximum Gasteiger partial charge on any atom is 0.252 e. The average molecular weight is 376 g/mol. The number of amides is 1. The SMILES string of the molecule is Cn1cc(Cl)c(CN(Cc2ccc3c(c2)CCO3)C(=O)[C@@H]2CCCO2)n1. The van der Waals surface area contributed by atoms with Crippen LogP contribution in [0.3, 0.4) is 0 Å². The van der Waals surface area contributed by atoms with Crippen molar-refractivity contribution in [3.05, 3.63) is 46.2 Å². The van der Waals surface area contributed by atoms with E-state index in [1.807, 2.05) is 19.2 Å². The van der Waals surface area contributed by atoms with E-state index in [0.29, 0.717) is 30.4 Å². The zero-order chi connectivity index (χ0) is 18.1. The largest absolute Gasteiger partial charge is 0.493 e. The van der Waals surface area contributed by atoms with Crippen LogP contribution >= 0.6 is 11.6 Å². The van der Waals surface area contributed by atoms with Crippen LogP contribution in [0.25, 0.3) is 0 Å². The van der Waals surface area contributed by atoms with E-state index in [0.717, 1.165) is 37.2 Å². The van der Waals surface area contributed by atoms with E-state index in [1.54, 1.807) is 15.8 Å². The van der Waals surface area contributed by atoms with Crippen molar-refractivity contribution in [2.75, 3.05) is 13.2 Å². The quantitative estimate of drug-likeness (QED) is 0.806. The lowest BCUT2D eigenvalue weighted by Crippen LogP contribution is -2.38. The molecule has 4 rings (SSSR count). The van der Waals surface area contributed by atoms with Crippen LogP contribution in [0, 0.1) is 0 Å². The van der Waals surface area contributed by atoms with Gasteiger partial charge < -0.3 is 14.4 Å². The maximum atomic E-state index is 13.0. The zero-order valence-corrected chi connectivity index (χ0v) is 15.5. The molecule has 0 N–H and O–H groups in total. The van der Waals surface area contributed by atoms with Gasteiger partial charge in [-0.3, -0.25) is 9.48 Å². The van der Waals surface area contributed by atoms with Crippen LogP contribution in [0.4, 0.5) is 0 Å². The van der Waals surface area contributed by atoms with Gasteiger partial charge in [-0.15, -0.1) is 0 Å². The van der Waals surface area contributed by atoms with Crippen molar-refractivity contribution in [1.82, 2.24) is 14.7 Å². The molecule has 1 aromatic heterocycles. The minimum absolute atomic E-state index is 0.000896. The van der Waals surface area contributed by atoms with E-state index in [9.17, 15) is 4.79 Å². The molecule has 2 aliphatic rings. The summed E-state index contributed by atoms with van der Waals surface area (Å²) in [5, 5.41) is 4.96. The fraction of sp³-hybridized carbons (Fsp3) is 0.474. The number of rotatable bonds is 5. The zero-order valence-electron chi connectivity index (χ0n) is 14.8. The second-order valence-electron chi connectivity index (χ2n) is 6.83. The molecule has 0 saturated carbocycles. The predicted octanol–water partition coefficient (Wildman–Crippen LogP) is 2.72. The Bertz CT molecular complexity index is 814. The Morgan fingerprint density at radius 3 is 3.00 bits per heavy atom. The van der Waals surface area contributed by atoms with Gasteiger partial charge in [-0.2, -0.15) is 5.10 Å². The number of hydrogen-bond acceptors (Lipinski definition) is 4. The molecule has 0 bridgehead atoms. The van der Waals surface area contributed by atoms with E-state index in [4.69, 9.17) is 21.1 Å². The van der Waals surface area contributed by atoms with Gasteiger partial charge in [-0.05, 0) is 30.0 Å². The van der Waals surface area contributed by atoms with Gasteiger partial charge in [0, 0.05) is 32.8 Å². The number of ether oxygens (including phenoxy) is 2. The normalized spacial score (nSPS) is 18.6. The van der Waals surface area contributed by atoms with E-state index in [2.05, 4.69) is 11.2 Å². The van der Waals surface area contributed by atoms with Gasteiger partial charge in [0.15, 0.2) is 0 Å². The Hall–Kier alpha value is -2.05. The number of halogens is 1. The number of aryl methyl sites for hydroxylation is 1. The Balaban J connectivity index is 1.57. The number of fused-ring (bicyclic) bond motifs is 1. The molecular weight excluding hydrogens is 354 g/mol. The molecular formula is C19H22ClN3O3. The lowest BCUT2D eigenvalue weighted by atomic mass is 10.1. The van der Waals surface area contributed by atoms with Crippen molar-refractivity contribution in [3.63, 3.8) is 0 Å². The molecule has 7 heteroatoms. The minimum atomic E-state index is -0.366. The van der Waals surface area contributed by atoms with E-state index < -0.39 is 0 Å². The summed E-state index contributed by atoms with van der Waals surface area (Å²) in [6, 6.07) is 6.12. The van der Waals surface area contributed by atoms with E-state index in [-0.39, 0.29) is 12.0 Å². The molecule has 6 nitrogen and oxygen atoms in total. The van der Waals surface area contributed by atoms with Crippen LogP contribution in [-0.2, 0) is 36.1 Å². The molecule has 0 spiro atoms. The van der Waals surface area contributed by atoms with Crippen molar-refractivity contribution in [3.8, 4) is 5.75 Å². The van der Waals surface area contributed by atoms with Gasteiger partial charge >= 0.3 is 0 Å². The first-order valence-electron chi connectivity index (χ1n) is 8.93. The van der Waals surface area contributed by atoms with Crippen LogP contribution in [0.2, 0.25) is 5.02 Å². The summed E-state index contributed by atoms with van der Waals surface area (Å²) in [5.41, 5.74) is 2.97. The molecule has 1 amide bonds. The maximum absolute atomic E-state index is 13.0. The molecule has 0 unspecified atom stereocenters. The molecule has 0 radical (unpaired) electrons. The third kappa shape index (κ3) is 3.57. The second kappa shape index (κ2) is 7.29. The first-order valence-corrected chi connectivity index (χ1v) is 9.31. The number of aromatic nitrogens is 2. The molecule has 2 aromatic rings. The summed E-state index contributed by atoms with van der Waals surface area (Å²) in [7, 11) is 1.82. The van der Waals surface area contributed by atoms with Gasteiger partial charge in [0.2, 0.25) is 0 Å². The summed E-state index contributed by atoms with van der Waals surface area (Å²) in [5.74, 6) is 0.944. The van der Waals surface area contributed by atoms with Gasteiger partial charge in [-0.25, -0.2) is 0 Å². The Morgan fingerprint density at radius 1 is 1.38 bits per heavy atom. The third-order valence-electron chi connectivity index (χ3n) is 4.84. The average Bonchev–Trinajstić information content (AvgIpc) is 3.35. The van der Waals surface area contributed by atoms with E-state index >= 15 is 0 Å². The smallest absolute Gasteiger partial charge is 0.252 e. The lowest BCUT2D eigenvalue weighted by Gasteiger charge is -2.25. The summed E-state index contributed by atoms with van der Waals surface area (Å²) < 4.78 is 12.8. The van der Waals surface area contributed by atoms with Crippen molar-refractivity contribution < 1.29 is 14.3 Å². The van der Waals surface area contributed by atoms with Gasteiger partial charge in [-0.1, -0.05) is 23.7 Å². The molecule has 1 fully saturated rings. The standard InChI is InChI=1S/C19H22ClN3O3/c1-22-11-15(20)16(21-22)12-23(19(24)18-3-2-7-25-18)10-13-4-5-17-14(9-13)6-8-26-17/h4-5,9,11,18H,2-3,6-8,10,12H2,1H3/t18-/m0/s1. The molecule has 0 aliphatic carbocycles. The first kappa shape index (κ1) is 17.4. The molecule has 1 atom stereocenters. The van der Waals surface area contributed by atoms with Crippen molar-refractivity contribution >= 4 is 17.5 Å². The first-order chi connectivity index (χ1) is 12.6. The lowest BCUT2D eigenvalue weighted by molar-refractivity contribution is -0.142. The summed E-state index contributed by atoms with van der Waals surface area (Å²) in [6.45, 7) is 2.23. The molecule has 1 aromatic carbocycles. The number of carbonyl (C=O) groups is 1. The molecule has 138 valence electrons. The van der Waals surface area contributed by atoms with Crippen LogP contribution in [-0.4, -0.2) is 39.9 Å². The number of nitrogens with zero attached hydrogens (tertiary/aromatic N) is 3. The summed E-state index contributed by atoms with van der Waals surface area (Å²) in [6.07, 6.45) is 3.98. The van der Waals surface area contributed by atoms with Gasteiger partial charge in [0.05, 0.1) is 18.2 Å². The summed E-state index contributed by atoms with van der Waals surface area (Å²) >= 11 is 6.26. The second-order valence-corrected chi connectivity index (χ2v) is 7.24. The number of carbonyl (C=O) groups excluding carboxylic acids is 1. The highest BCUT2D eigenvalue weighted by Crippen LogP contribution is 2.27. The number of benzene rings is 1. The minimum Gasteiger partial charge on any atom is -0.493 e.